The van der Waals surface area contributed by atoms with Crippen LogP contribution in [0, 0.1) is 11.3 Å². The van der Waals surface area contributed by atoms with Crippen molar-refractivity contribution in [2.24, 2.45) is 0 Å². The van der Waals surface area contributed by atoms with E-state index in [-0.39, 0.29) is 5.91 Å². The highest BCUT2D eigenvalue weighted by Gasteiger charge is 2.22. The molecule has 0 radical (unpaired) electrons. The molecule has 0 atom stereocenters. The van der Waals surface area contributed by atoms with Gasteiger partial charge < -0.3 is 4.90 Å². The van der Waals surface area contributed by atoms with Gasteiger partial charge in [0.25, 0.3) is 0 Å². The molecular formula is C20H23ClN4OS. The Morgan fingerprint density at radius 2 is 1.81 bits per heavy atom. The van der Waals surface area contributed by atoms with Crippen LogP contribution in [0.15, 0.2) is 42.5 Å². The Hall–Kier alpha value is -1.91. The van der Waals surface area contributed by atoms with Gasteiger partial charge in [0.2, 0.25) is 5.91 Å². The summed E-state index contributed by atoms with van der Waals surface area (Å²) in [6.07, 6.45) is 0.331. The summed E-state index contributed by atoms with van der Waals surface area (Å²) in [6, 6.07) is 15.7. The van der Waals surface area contributed by atoms with Crippen molar-refractivity contribution < 1.29 is 4.79 Å². The molecule has 0 unspecified atom stereocenters. The van der Waals surface area contributed by atoms with Gasteiger partial charge in [0, 0.05) is 49.8 Å². The van der Waals surface area contributed by atoms with E-state index < -0.39 is 0 Å². The molecule has 0 aliphatic carbocycles. The summed E-state index contributed by atoms with van der Waals surface area (Å²) in [4.78, 5) is 20.4. The topological polar surface area (TPSA) is 50.6 Å². The van der Waals surface area contributed by atoms with E-state index in [9.17, 15) is 4.79 Å². The van der Waals surface area contributed by atoms with Crippen molar-refractivity contribution in [3.8, 4) is 6.07 Å². The van der Waals surface area contributed by atoms with Crippen molar-refractivity contribution in [3.63, 3.8) is 0 Å². The Kier molecular flexibility index (Phi) is 7.25. The van der Waals surface area contributed by atoms with Crippen LogP contribution in [0.4, 0.5) is 5.69 Å². The molecule has 1 aliphatic heterocycles. The third-order valence-electron chi connectivity index (χ3n) is 4.65. The number of hydrogen-bond donors (Lipinski definition) is 0. The maximum atomic E-state index is 12.8. The van der Waals surface area contributed by atoms with Gasteiger partial charge in [-0.25, -0.2) is 0 Å². The standard InChI is InChI=1S/C20H23ClN4OS/c21-19-8-7-18(27-19)15-23-11-13-24(14-12-23)16-20(26)25(10-4-9-22)17-5-2-1-3-6-17/h1-3,5-8H,4,10-16H2. The summed E-state index contributed by atoms with van der Waals surface area (Å²) in [7, 11) is 0. The van der Waals surface area contributed by atoms with Gasteiger partial charge in [-0.3, -0.25) is 14.6 Å². The molecule has 1 amide bonds. The Labute approximate surface area is 169 Å². The maximum Gasteiger partial charge on any atom is 0.241 e. The third kappa shape index (κ3) is 5.78. The van der Waals surface area contributed by atoms with E-state index in [2.05, 4.69) is 21.9 Å². The number of nitriles is 1. The average Bonchev–Trinajstić information content (AvgIpc) is 3.09. The quantitative estimate of drug-likeness (QED) is 0.711. The summed E-state index contributed by atoms with van der Waals surface area (Å²) < 4.78 is 0.826. The molecule has 0 bridgehead atoms. The minimum absolute atomic E-state index is 0.0509. The number of piperazine rings is 1. The summed E-state index contributed by atoms with van der Waals surface area (Å²) >= 11 is 7.63. The minimum Gasteiger partial charge on any atom is -0.310 e. The molecule has 7 heteroatoms. The van der Waals surface area contributed by atoms with E-state index in [4.69, 9.17) is 16.9 Å². The number of para-hydroxylation sites is 1. The predicted molar refractivity (Wildman–Crippen MR) is 110 cm³/mol. The first-order valence-electron chi connectivity index (χ1n) is 9.07. The lowest BCUT2D eigenvalue weighted by atomic mass is 10.2. The summed E-state index contributed by atoms with van der Waals surface area (Å²) in [5.41, 5.74) is 0.853. The normalized spacial score (nSPS) is 15.4. The van der Waals surface area contributed by atoms with Crippen molar-refractivity contribution in [2.45, 2.75) is 13.0 Å². The number of rotatable bonds is 7. The summed E-state index contributed by atoms with van der Waals surface area (Å²) in [5.74, 6) is 0.0509. The lowest BCUT2D eigenvalue weighted by molar-refractivity contribution is -0.120. The highest BCUT2D eigenvalue weighted by atomic mass is 35.5. The molecule has 2 heterocycles. The van der Waals surface area contributed by atoms with Gasteiger partial charge in [-0.15, -0.1) is 11.3 Å². The number of anilines is 1. The molecule has 5 nitrogen and oxygen atoms in total. The Bertz CT molecular complexity index is 781. The number of nitrogens with zero attached hydrogens (tertiary/aromatic N) is 4. The van der Waals surface area contributed by atoms with Crippen LogP contribution < -0.4 is 4.90 Å². The second kappa shape index (κ2) is 9.86. The van der Waals surface area contributed by atoms with Crippen LogP contribution in [0.25, 0.3) is 0 Å². The van der Waals surface area contributed by atoms with Gasteiger partial charge in [0.15, 0.2) is 0 Å². The van der Waals surface area contributed by atoms with Crippen molar-refractivity contribution in [1.29, 1.82) is 5.26 Å². The largest absolute Gasteiger partial charge is 0.310 e. The number of carbonyl (C=O) groups excluding carboxylic acids is 1. The molecule has 142 valence electrons. The molecular weight excluding hydrogens is 380 g/mol. The first-order chi connectivity index (χ1) is 13.2. The second-order valence-corrected chi connectivity index (χ2v) is 8.35. The van der Waals surface area contributed by atoms with Crippen molar-refractivity contribution in [2.75, 3.05) is 44.2 Å². The minimum atomic E-state index is 0.0509. The van der Waals surface area contributed by atoms with Gasteiger partial charge in [0.05, 0.1) is 23.4 Å². The van der Waals surface area contributed by atoms with Crippen LogP contribution in [0.3, 0.4) is 0 Å². The highest BCUT2D eigenvalue weighted by molar-refractivity contribution is 7.16. The second-order valence-electron chi connectivity index (χ2n) is 6.55. The first-order valence-corrected chi connectivity index (χ1v) is 10.3. The molecule has 0 spiro atoms. The Balaban J connectivity index is 1.52. The zero-order valence-corrected chi connectivity index (χ0v) is 16.8. The van der Waals surface area contributed by atoms with Crippen LogP contribution >= 0.6 is 22.9 Å². The Morgan fingerprint density at radius 1 is 1.11 bits per heavy atom. The molecule has 3 rings (SSSR count). The molecule has 1 saturated heterocycles. The lowest BCUT2D eigenvalue weighted by Gasteiger charge is -2.35. The zero-order chi connectivity index (χ0) is 19.1. The van der Waals surface area contributed by atoms with E-state index >= 15 is 0 Å². The number of halogens is 1. The number of hydrogen-bond acceptors (Lipinski definition) is 5. The molecule has 2 aromatic rings. The summed E-state index contributed by atoms with van der Waals surface area (Å²) in [6.45, 7) is 5.34. The van der Waals surface area contributed by atoms with E-state index in [0.717, 1.165) is 42.7 Å². The summed E-state index contributed by atoms with van der Waals surface area (Å²) in [5, 5.41) is 8.91. The Morgan fingerprint density at radius 3 is 2.44 bits per heavy atom. The van der Waals surface area contributed by atoms with E-state index in [1.54, 1.807) is 16.2 Å². The molecule has 27 heavy (non-hydrogen) atoms. The lowest BCUT2D eigenvalue weighted by Crippen LogP contribution is -2.49. The smallest absolute Gasteiger partial charge is 0.241 e. The number of thiophene rings is 1. The molecule has 0 saturated carbocycles. The third-order valence-corrected chi connectivity index (χ3v) is 5.86. The van der Waals surface area contributed by atoms with Crippen LogP contribution in [0.5, 0.6) is 0 Å². The number of benzene rings is 1. The van der Waals surface area contributed by atoms with E-state index in [1.165, 1.54) is 4.88 Å². The van der Waals surface area contributed by atoms with Gasteiger partial charge in [-0.2, -0.15) is 5.26 Å². The van der Waals surface area contributed by atoms with Crippen LogP contribution in [0.1, 0.15) is 11.3 Å². The zero-order valence-electron chi connectivity index (χ0n) is 15.2. The van der Waals surface area contributed by atoms with Gasteiger partial charge in [-0.05, 0) is 24.3 Å². The highest BCUT2D eigenvalue weighted by Crippen LogP contribution is 2.23. The predicted octanol–water partition coefficient (Wildman–Crippen LogP) is 3.47. The maximum absolute atomic E-state index is 12.8. The molecule has 1 aromatic heterocycles. The van der Waals surface area contributed by atoms with E-state index in [1.807, 2.05) is 36.4 Å². The fourth-order valence-electron chi connectivity index (χ4n) is 3.21. The van der Waals surface area contributed by atoms with E-state index in [0.29, 0.717) is 19.5 Å². The van der Waals surface area contributed by atoms with Crippen LogP contribution in [0.2, 0.25) is 4.34 Å². The molecule has 1 aromatic carbocycles. The average molecular weight is 403 g/mol. The number of carbonyl (C=O) groups is 1. The van der Waals surface area contributed by atoms with Crippen molar-refractivity contribution in [1.82, 2.24) is 9.80 Å². The van der Waals surface area contributed by atoms with Crippen LogP contribution in [-0.2, 0) is 11.3 Å². The van der Waals surface area contributed by atoms with Crippen molar-refractivity contribution >= 4 is 34.5 Å². The van der Waals surface area contributed by atoms with Gasteiger partial charge in [0.1, 0.15) is 0 Å². The van der Waals surface area contributed by atoms with Gasteiger partial charge in [-0.1, -0.05) is 29.8 Å². The fourth-order valence-corrected chi connectivity index (χ4v) is 4.34. The number of amides is 1. The molecule has 1 aliphatic rings. The SMILES string of the molecule is N#CCCN(C(=O)CN1CCN(Cc2ccc(Cl)s2)CC1)c1ccccc1. The molecule has 1 fully saturated rings. The fraction of sp³-hybridized carbons (Fsp3) is 0.400. The van der Waals surface area contributed by atoms with Crippen LogP contribution in [-0.4, -0.2) is 55.0 Å². The van der Waals surface area contributed by atoms with Crippen molar-refractivity contribution in [3.05, 3.63) is 51.7 Å². The van der Waals surface area contributed by atoms with Gasteiger partial charge >= 0.3 is 0 Å². The first kappa shape index (κ1) is 19.8. The monoisotopic (exact) mass is 402 g/mol. The molecule has 0 N–H and O–H groups in total.